The Labute approximate surface area is 138 Å². The summed E-state index contributed by atoms with van der Waals surface area (Å²) in [6.07, 6.45) is 1.94. The lowest BCUT2D eigenvalue weighted by molar-refractivity contribution is -0.384. The van der Waals surface area contributed by atoms with Crippen molar-refractivity contribution in [1.82, 2.24) is 0 Å². The molecule has 0 saturated carbocycles. The summed E-state index contributed by atoms with van der Waals surface area (Å²) in [5.41, 5.74) is 1.54. The minimum Gasteiger partial charge on any atom is -0.496 e. The number of aryl methyl sites for hydroxylation is 1. The molecule has 7 heteroatoms. The number of carbonyl (C=O) groups excluding carboxylic acids is 1. The van der Waals surface area contributed by atoms with Gasteiger partial charge in [-0.1, -0.05) is 0 Å². The molecule has 0 bridgehead atoms. The summed E-state index contributed by atoms with van der Waals surface area (Å²) in [6, 6.07) is 9.63. The molecule has 0 spiro atoms. The number of benzene rings is 2. The van der Waals surface area contributed by atoms with Crippen LogP contribution in [0.1, 0.15) is 15.9 Å². The number of anilines is 1. The van der Waals surface area contributed by atoms with Crippen molar-refractivity contribution in [3.8, 4) is 5.75 Å². The van der Waals surface area contributed by atoms with Crippen molar-refractivity contribution < 1.29 is 14.5 Å². The van der Waals surface area contributed by atoms with Gasteiger partial charge in [-0.2, -0.15) is 0 Å². The van der Waals surface area contributed by atoms with Crippen LogP contribution >= 0.6 is 11.8 Å². The summed E-state index contributed by atoms with van der Waals surface area (Å²) in [4.78, 5) is 23.7. The molecule has 2 rings (SSSR count). The molecule has 2 aromatic rings. The largest absolute Gasteiger partial charge is 0.496 e. The van der Waals surface area contributed by atoms with Crippen molar-refractivity contribution in [1.29, 1.82) is 0 Å². The SMILES string of the molecule is COc1cc(SC)ccc1C(=O)Nc1ccc([N+](=O)[O-])cc1C. The average Bonchev–Trinajstić information content (AvgIpc) is 2.55. The van der Waals surface area contributed by atoms with Gasteiger partial charge in [0.1, 0.15) is 5.75 Å². The van der Waals surface area contributed by atoms with Crippen LogP contribution in [0.3, 0.4) is 0 Å². The van der Waals surface area contributed by atoms with Gasteiger partial charge in [-0.25, -0.2) is 0 Å². The topological polar surface area (TPSA) is 81.5 Å². The minimum atomic E-state index is -0.469. The van der Waals surface area contributed by atoms with Gasteiger partial charge in [0.15, 0.2) is 0 Å². The number of hydrogen-bond donors (Lipinski definition) is 1. The van der Waals surface area contributed by atoms with Crippen LogP contribution in [-0.2, 0) is 0 Å². The highest BCUT2D eigenvalue weighted by molar-refractivity contribution is 7.98. The predicted molar refractivity (Wildman–Crippen MR) is 90.6 cm³/mol. The molecule has 0 heterocycles. The van der Waals surface area contributed by atoms with Crippen LogP contribution in [0, 0.1) is 17.0 Å². The van der Waals surface area contributed by atoms with Gasteiger partial charge in [-0.05, 0) is 43.0 Å². The summed E-state index contributed by atoms with van der Waals surface area (Å²) in [6.45, 7) is 1.71. The van der Waals surface area contributed by atoms with Crippen molar-refractivity contribution in [3.63, 3.8) is 0 Å². The van der Waals surface area contributed by atoms with Crippen molar-refractivity contribution in [2.45, 2.75) is 11.8 Å². The maximum atomic E-state index is 12.4. The summed E-state index contributed by atoms with van der Waals surface area (Å²) in [5.74, 6) is 0.153. The number of non-ortho nitro benzene ring substituents is 1. The molecule has 1 N–H and O–H groups in total. The minimum absolute atomic E-state index is 0.0117. The Hall–Kier alpha value is -2.54. The Kier molecular flexibility index (Phi) is 5.23. The molecule has 0 aliphatic heterocycles. The lowest BCUT2D eigenvalue weighted by atomic mass is 10.1. The Morgan fingerprint density at radius 1 is 1.26 bits per heavy atom. The van der Waals surface area contributed by atoms with Crippen molar-refractivity contribution in [3.05, 3.63) is 57.6 Å². The van der Waals surface area contributed by atoms with Crippen LogP contribution in [0.5, 0.6) is 5.75 Å². The molecule has 0 aliphatic rings. The number of ether oxygens (including phenoxy) is 1. The second-order valence-corrected chi connectivity index (χ2v) is 5.66. The van der Waals surface area contributed by atoms with E-state index in [4.69, 9.17) is 4.74 Å². The lowest BCUT2D eigenvalue weighted by Crippen LogP contribution is -2.14. The number of nitrogens with zero attached hydrogens (tertiary/aromatic N) is 1. The molecule has 0 fully saturated rings. The molecule has 2 aromatic carbocycles. The number of amides is 1. The van der Waals surface area contributed by atoms with E-state index >= 15 is 0 Å². The first-order valence-corrected chi connectivity index (χ1v) is 7.97. The monoisotopic (exact) mass is 332 g/mol. The summed E-state index contributed by atoms with van der Waals surface area (Å²) in [5, 5.41) is 13.5. The second-order valence-electron chi connectivity index (χ2n) is 4.78. The van der Waals surface area contributed by atoms with Gasteiger partial charge >= 0.3 is 0 Å². The smallest absolute Gasteiger partial charge is 0.269 e. The number of methoxy groups -OCH3 is 1. The van der Waals surface area contributed by atoms with E-state index in [1.165, 1.54) is 25.3 Å². The lowest BCUT2D eigenvalue weighted by Gasteiger charge is -2.12. The third-order valence-electron chi connectivity index (χ3n) is 3.32. The molecule has 0 atom stereocenters. The maximum absolute atomic E-state index is 12.4. The van der Waals surface area contributed by atoms with Gasteiger partial charge in [0.2, 0.25) is 0 Å². The molecule has 120 valence electrons. The fraction of sp³-hybridized carbons (Fsp3) is 0.188. The summed E-state index contributed by atoms with van der Waals surface area (Å²) in [7, 11) is 1.51. The van der Waals surface area contributed by atoms with E-state index in [1.807, 2.05) is 12.3 Å². The molecule has 0 unspecified atom stereocenters. The van der Waals surface area contributed by atoms with Crippen molar-refractivity contribution in [2.75, 3.05) is 18.7 Å². The molecule has 23 heavy (non-hydrogen) atoms. The van der Waals surface area contributed by atoms with Crippen molar-refractivity contribution in [2.24, 2.45) is 0 Å². The van der Waals surface area contributed by atoms with Crippen LogP contribution in [0.2, 0.25) is 0 Å². The van der Waals surface area contributed by atoms with E-state index in [0.717, 1.165) is 4.90 Å². The molecule has 0 radical (unpaired) electrons. The normalized spacial score (nSPS) is 10.2. The molecule has 1 amide bonds. The standard InChI is InChI=1S/C16H16N2O4S/c1-10-8-11(18(20)21)4-7-14(10)17-16(19)13-6-5-12(23-3)9-15(13)22-2/h4-9H,1-3H3,(H,17,19). The zero-order valence-corrected chi connectivity index (χ0v) is 13.8. The fourth-order valence-electron chi connectivity index (χ4n) is 2.08. The second kappa shape index (κ2) is 7.15. The first kappa shape index (κ1) is 16.8. The summed E-state index contributed by atoms with van der Waals surface area (Å²) < 4.78 is 5.26. The Bertz CT molecular complexity index is 762. The third kappa shape index (κ3) is 3.81. The highest BCUT2D eigenvalue weighted by atomic mass is 32.2. The van der Waals surface area contributed by atoms with Crippen LogP contribution in [-0.4, -0.2) is 24.2 Å². The van der Waals surface area contributed by atoms with E-state index in [-0.39, 0.29) is 11.6 Å². The van der Waals surface area contributed by atoms with Crippen LogP contribution in [0.25, 0.3) is 0 Å². The van der Waals surface area contributed by atoms with E-state index in [1.54, 1.807) is 30.8 Å². The number of thioether (sulfide) groups is 1. The number of hydrogen-bond acceptors (Lipinski definition) is 5. The number of nitro groups is 1. The molecule has 0 aromatic heterocycles. The predicted octanol–water partition coefficient (Wildman–Crippen LogP) is 3.89. The maximum Gasteiger partial charge on any atom is 0.269 e. The molecule has 6 nitrogen and oxygen atoms in total. The average molecular weight is 332 g/mol. The van der Waals surface area contributed by atoms with Crippen LogP contribution in [0.15, 0.2) is 41.3 Å². The Morgan fingerprint density at radius 3 is 2.57 bits per heavy atom. The Balaban J connectivity index is 2.27. The molecule has 0 aliphatic carbocycles. The molecular weight excluding hydrogens is 316 g/mol. The van der Waals surface area contributed by atoms with Gasteiger partial charge < -0.3 is 10.1 Å². The van der Waals surface area contributed by atoms with Crippen LogP contribution in [0.4, 0.5) is 11.4 Å². The Morgan fingerprint density at radius 2 is 2.00 bits per heavy atom. The number of carbonyl (C=O) groups is 1. The van der Waals surface area contributed by atoms with E-state index < -0.39 is 4.92 Å². The first-order valence-electron chi connectivity index (χ1n) is 6.74. The zero-order chi connectivity index (χ0) is 17.0. The summed E-state index contributed by atoms with van der Waals surface area (Å²) >= 11 is 1.55. The van der Waals surface area contributed by atoms with Gasteiger partial charge in [0, 0.05) is 22.7 Å². The van der Waals surface area contributed by atoms with Gasteiger partial charge in [0.05, 0.1) is 17.6 Å². The molecule has 0 saturated heterocycles. The third-order valence-corrected chi connectivity index (χ3v) is 4.05. The van der Waals surface area contributed by atoms with E-state index in [0.29, 0.717) is 22.6 Å². The quantitative estimate of drug-likeness (QED) is 0.510. The molecular formula is C16H16N2O4S. The number of nitrogens with one attached hydrogen (secondary N) is 1. The first-order chi connectivity index (χ1) is 11.0. The van der Waals surface area contributed by atoms with Crippen molar-refractivity contribution >= 4 is 29.0 Å². The van der Waals surface area contributed by atoms with Gasteiger partial charge in [-0.15, -0.1) is 11.8 Å². The highest BCUT2D eigenvalue weighted by Crippen LogP contribution is 2.27. The zero-order valence-electron chi connectivity index (χ0n) is 13.0. The van der Waals surface area contributed by atoms with E-state index in [2.05, 4.69) is 5.32 Å². The van der Waals surface area contributed by atoms with E-state index in [9.17, 15) is 14.9 Å². The van der Waals surface area contributed by atoms with Gasteiger partial charge in [0.25, 0.3) is 11.6 Å². The number of rotatable bonds is 5. The highest BCUT2D eigenvalue weighted by Gasteiger charge is 2.15. The number of nitro benzene ring substituents is 1. The van der Waals surface area contributed by atoms with Crippen LogP contribution < -0.4 is 10.1 Å². The van der Waals surface area contributed by atoms with Gasteiger partial charge in [-0.3, -0.25) is 14.9 Å². The fourth-order valence-corrected chi connectivity index (χ4v) is 2.51.